The Hall–Kier alpha value is -1.35. The number of hydrogen-bond donors (Lipinski definition) is 0. The van der Waals surface area contributed by atoms with Gasteiger partial charge < -0.3 is 4.42 Å². The fraction of sp³-hybridized carbons (Fsp3) is 0.154. The van der Waals surface area contributed by atoms with Crippen LogP contribution < -0.4 is 0 Å². The van der Waals surface area contributed by atoms with Crippen LogP contribution in [0, 0.1) is 6.92 Å². The van der Waals surface area contributed by atoms with Crippen LogP contribution in [-0.4, -0.2) is 5.78 Å². The maximum Gasteiger partial charge on any atom is 0.168 e. The average molecular weight is 279 g/mol. The van der Waals surface area contributed by atoms with Gasteiger partial charge in [-0.15, -0.1) is 0 Å². The highest BCUT2D eigenvalue weighted by Crippen LogP contribution is 2.22. The van der Waals surface area contributed by atoms with Crippen LogP contribution in [0.25, 0.3) is 0 Å². The number of aryl methyl sites for hydroxylation is 1. The number of halogens is 1. The van der Waals surface area contributed by atoms with Gasteiger partial charge in [0.05, 0.1) is 12.5 Å². The normalized spacial score (nSPS) is 10.4. The minimum absolute atomic E-state index is 0.0944. The first-order valence-electron chi connectivity index (χ1n) is 4.98. The highest BCUT2D eigenvalue weighted by atomic mass is 79.9. The molecule has 0 N–H and O–H groups in total. The molecule has 82 valence electrons. The van der Waals surface area contributed by atoms with Crippen LogP contribution in [0.2, 0.25) is 0 Å². The van der Waals surface area contributed by atoms with Crippen molar-refractivity contribution in [2.24, 2.45) is 0 Å². The average Bonchev–Trinajstić information content (AvgIpc) is 2.74. The predicted molar refractivity (Wildman–Crippen MR) is 65.6 cm³/mol. The summed E-state index contributed by atoms with van der Waals surface area (Å²) in [6.07, 6.45) is 3.55. The second kappa shape index (κ2) is 4.66. The Morgan fingerprint density at radius 3 is 2.88 bits per heavy atom. The van der Waals surface area contributed by atoms with Crippen LogP contribution >= 0.6 is 15.9 Å². The third kappa shape index (κ3) is 2.25. The van der Waals surface area contributed by atoms with Gasteiger partial charge in [0.15, 0.2) is 5.78 Å². The molecule has 0 aliphatic heterocycles. The van der Waals surface area contributed by atoms with E-state index in [1.54, 1.807) is 12.5 Å². The van der Waals surface area contributed by atoms with Gasteiger partial charge >= 0.3 is 0 Å². The SMILES string of the molecule is Cc1cccc(C(=O)Cc2ccoc2)c1Br. The minimum atomic E-state index is 0.0944. The smallest absolute Gasteiger partial charge is 0.168 e. The summed E-state index contributed by atoms with van der Waals surface area (Å²) in [6.45, 7) is 1.97. The van der Waals surface area contributed by atoms with E-state index in [1.165, 1.54) is 0 Å². The predicted octanol–water partition coefficient (Wildman–Crippen LogP) is 3.78. The lowest BCUT2D eigenvalue weighted by atomic mass is 10.0. The van der Waals surface area contributed by atoms with Gasteiger partial charge in [-0.25, -0.2) is 0 Å². The van der Waals surface area contributed by atoms with Gasteiger partial charge in [0.1, 0.15) is 0 Å². The molecule has 0 fully saturated rings. The van der Waals surface area contributed by atoms with E-state index in [2.05, 4.69) is 15.9 Å². The Morgan fingerprint density at radius 2 is 2.19 bits per heavy atom. The topological polar surface area (TPSA) is 30.2 Å². The maximum atomic E-state index is 12.0. The standard InChI is InChI=1S/C13H11BrO2/c1-9-3-2-4-11(13(9)14)12(15)7-10-5-6-16-8-10/h2-6,8H,7H2,1H3. The number of furan rings is 1. The van der Waals surface area contributed by atoms with Crippen molar-refractivity contribution >= 4 is 21.7 Å². The monoisotopic (exact) mass is 278 g/mol. The van der Waals surface area contributed by atoms with Crippen LogP contribution in [0.5, 0.6) is 0 Å². The Labute approximate surface area is 102 Å². The highest BCUT2D eigenvalue weighted by Gasteiger charge is 2.12. The van der Waals surface area contributed by atoms with E-state index in [1.807, 2.05) is 31.2 Å². The number of rotatable bonds is 3. The lowest BCUT2D eigenvalue weighted by molar-refractivity contribution is 0.0992. The molecule has 0 aliphatic rings. The molecule has 0 atom stereocenters. The Bertz CT molecular complexity index is 501. The maximum absolute atomic E-state index is 12.0. The van der Waals surface area contributed by atoms with Gasteiger partial charge in [0.25, 0.3) is 0 Å². The molecule has 2 nitrogen and oxygen atoms in total. The van der Waals surface area contributed by atoms with E-state index in [4.69, 9.17) is 4.42 Å². The molecule has 0 amide bonds. The number of benzene rings is 1. The fourth-order valence-electron chi connectivity index (χ4n) is 1.54. The third-order valence-corrected chi connectivity index (χ3v) is 3.49. The summed E-state index contributed by atoms with van der Waals surface area (Å²) in [5.74, 6) is 0.0944. The zero-order valence-corrected chi connectivity index (χ0v) is 10.5. The first kappa shape index (κ1) is 11.1. The summed E-state index contributed by atoms with van der Waals surface area (Å²) >= 11 is 3.44. The van der Waals surface area contributed by atoms with Crippen LogP contribution in [0.1, 0.15) is 21.5 Å². The molecule has 0 aliphatic carbocycles. The van der Waals surface area contributed by atoms with E-state index in [0.29, 0.717) is 6.42 Å². The Kier molecular flexibility index (Phi) is 3.25. The van der Waals surface area contributed by atoms with Gasteiger partial charge in [-0.2, -0.15) is 0 Å². The summed E-state index contributed by atoms with van der Waals surface area (Å²) in [5.41, 5.74) is 2.69. The molecule has 3 heteroatoms. The summed E-state index contributed by atoms with van der Waals surface area (Å²) in [5, 5.41) is 0. The summed E-state index contributed by atoms with van der Waals surface area (Å²) in [7, 11) is 0. The quantitative estimate of drug-likeness (QED) is 0.800. The van der Waals surface area contributed by atoms with Crippen molar-refractivity contribution in [2.75, 3.05) is 0 Å². The number of hydrogen-bond acceptors (Lipinski definition) is 2. The van der Waals surface area contributed by atoms with Crippen molar-refractivity contribution in [3.8, 4) is 0 Å². The lowest BCUT2D eigenvalue weighted by Crippen LogP contribution is -2.04. The summed E-state index contributed by atoms with van der Waals surface area (Å²) in [6, 6.07) is 7.50. The van der Waals surface area contributed by atoms with Crippen LogP contribution in [0.4, 0.5) is 0 Å². The van der Waals surface area contributed by atoms with E-state index in [9.17, 15) is 4.79 Å². The molecule has 0 unspecified atom stereocenters. The molecular formula is C13H11BrO2. The van der Waals surface area contributed by atoms with E-state index in [0.717, 1.165) is 21.2 Å². The van der Waals surface area contributed by atoms with Gasteiger partial charge in [-0.3, -0.25) is 4.79 Å². The second-order valence-corrected chi connectivity index (χ2v) is 4.46. The summed E-state index contributed by atoms with van der Waals surface area (Å²) < 4.78 is 5.82. The minimum Gasteiger partial charge on any atom is -0.472 e. The zero-order chi connectivity index (χ0) is 11.5. The molecular weight excluding hydrogens is 268 g/mol. The van der Waals surface area contributed by atoms with Crippen LogP contribution in [0.3, 0.4) is 0 Å². The largest absolute Gasteiger partial charge is 0.472 e. The van der Waals surface area contributed by atoms with Crippen molar-refractivity contribution < 1.29 is 9.21 Å². The van der Waals surface area contributed by atoms with Gasteiger partial charge in [-0.1, -0.05) is 18.2 Å². The third-order valence-electron chi connectivity index (χ3n) is 2.44. The Morgan fingerprint density at radius 1 is 1.38 bits per heavy atom. The van der Waals surface area contributed by atoms with Crippen molar-refractivity contribution in [1.82, 2.24) is 0 Å². The highest BCUT2D eigenvalue weighted by molar-refractivity contribution is 9.10. The second-order valence-electron chi connectivity index (χ2n) is 3.67. The van der Waals surface area contributed by atoms with Crippen LogP contribution in [-0.2, 0) is 6.42 Å². The van der Waals surface area contributed by atoms with Crippen LogP contribution in [0.15, 0.2) is 45.7 Å². The van der Waals surface area contributed by atoms with Gasteiger partial charge in [-0.05, 0) is 40.0 Å². The molecule has 1 aromatic heterocycles. The summed E-state index contributed by atoms with van der Waals surface area (Å²) in [4.78, 5) is 12.0. The first-order valence-corrected chi connectivity index (χ1v) is 5.77. The molecule has 2 aromatic rings. The molecule has 1 aromatic carbocycles. The number of ketones is 1. The molecule has 0 bridgehead atoms. The zero-order valence-electron chi connectivity index (χ0n) is 8.87. The van der Waals surface area contributed by atoms with E-state index in [-0.39, 0.29) is 5.78 Å². The molecule has 0 saturated carbocycles. The molecule has 0 radical (unpaired) electrons. The molecule has 0 spiro atoms. The Balaban J connectivity index is 2.24. The first-order chi connectivity index (χ1) is 7.68. The number of Topliss-reactive ketones (excluding diaryl/α,β-unsaturated/α-hetero) is 1. The van der Waals surface area contributed by atoms with E-state index >= 15 is 0 Å². The number of carbonyl (C=O) groups excluding carboxylic acids is 1. The van der Waals surface area contributed by atoms with Crippen molar-refractivity contribution in [3.05, 3.63) is 58.0 Å². The van der Waals surface area contributed by atoms with Gasteiger partial charge in [0, 0.05) is 16.5 Å². The van der Waals surface area contributed by atoms with Crippen molar-refractivity contribution in [3.63, 3.8) is 0 Å². The molecule has 1 heterocycles. The molecule has 0 saturated heterocycles. The number of carbonyl (C=O) groups is 1. The van der Waals surface area contributed by atoms with Crippen molar-refractivity contribution in [2.45, 2.75) is 13.3 Å². The molecule has 2 rings (SSSR count). The lowest BCUT2D eigenvalue weighted by Gasteiger charge is -2.05. The van der Waals surface area contributed by atoms with Gasteiger partial charge in [0.2, 0.25) is 0 Å². The molecule has 16 heavy (non-hydrogen) atoms. The van der Waals surface area contributed by atoms with Crippen molar-refractivity contribution in [1.29, 1.82) is 0 Å². The fourth-order valence-corrected chi connectivity index (χ4v) is 2.02. The van der Waals surface area contributed by atoms with E-state index < -0.39 is 0 Å².